The molecule has 0 saturated heterocycles. The summed E-state index contributed by atoms with van der Waals surface area (Å²) in [5.41, 5.74) is -0.196. The van der Waals surface area contributed by atoms with E-state index in [2.05, 4.69) is 5.32 Å². The first-order valence-corrected chi connectivity index (χ1v) is 6.35. The number of nitrogens with one attached hydrogen (secondary N) is 1. The Hall–Kier alpha value is -1.42. The molecule has 4 heteroatoms. The summed E-state index contributed by atoms with van der Waals surface area (Å²) in [6.07, 6.45) is 3.55. The standard InChI is InChI=1S/C14H18FNO2/c15-12-5-3-11(4-6-12)7-10-16-13(17)14(18)8-1-2-9-14/h3-6,18H,1-2,7-10H2,(H,16,17). The minimum absolute atomic E-state index is 0.261. The summed E-state index contributed by atoms with van der Waals surface area (Å²) in [5, 5.41) is 12.8. The lowest BCUT2D eigenvalue weighted by Crippen LogP contribution is -2.45. The van der Waals surface area contributed by atoms with E-state index in [0.29, 0.717) is 25.8 Å². The molecule has 0 radical (unpaired) electrons. The number of rotatable bonds is 4. The van der Waals surface area contributed by atoms with Crippen LogP contribution in [-0.4, -0.2) is 23.2 Å². The highest BCUT2D eigenvalue weighted by atomic mass is 19.1. The molecule has 1 saturated carbocycles. The zero-order chi connectivity index (χ0) is 13.0. The molecular formula is C14H18FNO2. The number of benzene rings is 1. The molecule has 0 atom stereocenters. The molecule has 3 nitrogen and oxygen atoms in total. The zero-order valence-corrected chi connectivity index (χ0v) is 10.3. The van der Waals surface area contributed by atoms with Crippen molar-refractivity contribution in [3.8, 4) is 0 Å². The quantitative estimate of drug-likeness (QED) is 0.857. The number of aliphatic hydroxyl groups is 1. The van der Waals surface area contributed by atoms with Gasteiger partial charge in [0.2, 0.25) is 0 Å². The van der Waals surface area contributed by atoms with Gasteiger partial charge in [0.15, 0.2) is 0 Å². The van der Waals surface area contributed by atoms with Crippen molar-refractivity contribution in [1.29, 1.82) is 0 Å². The van der Waals surface area contributed by atoms with Crippen molar-refractivity contribution in [2.24, 2.45) is 0 Å². The summed E-state index contributed by atoms with van der Waals surface area (Å²) in [7, 11) is 0. The van der Waals surface area contributed by atoms with Gasteiger partial charge in [-0.15, -0.1) is 0 Å². The Morgan fingerprint density at radius 2 is 1.89 bits per heavy atom. The molecule has 1 amide bonds. The van der Waals surface area contributed by atoms with E-state index >= 15 is 0 Å². The average molecular weight is 251 g/mol. The molecular weight excluding hydrogens is 233 g/mol. The van der Waals surface area contributed by atoms with Crippen molar-refractivity contribution < 1.29 is 14.3 Å². The normalized spacial score (nSPS) is 17.7. The second-order valence-electron chi connectivity index (χ2n) is 4.87. The minimum atomic E-state index is -1.16. The summed E-state index contributed by atoms with van der Waals surface area (Å²) >= 11 is 0. The van der Waals surface area contributed by atoms with E-state index in [1.54, 1.807) is 12.1 Å². The van der Waals surface area contributed by atoms with E-state index in [-0.39, 0.29) is 11.7 Å². The summed E-state index contributed by atoms with van der Waals surface area (Å²) in [6.45, 7) is 0.465. The van der Waals surface area contributed by atoms with Gasteiger partial charge in [-0.1, -0.05) is 12.1 Å². The Bertz CT molecular complexity index is 410. The van der Waals surface area contributed by atoms with Gasteiger partial charge in [0, 0.05) is 6.54 Å². The molecule has 0 aliphatic heterocycles. The average Bonchev–Trinajstić information content (AvgIpc) is 2.80. The lowest BCUT2D eigenvalue weighted by Gasteiger charge is -2.20. The zero-order valence-electron chi connectivity index (χ0n) is 10.3. The Labute approximate surface area is 106 Å². The molecule has 1 aromatic rings. The van der Waals surface area contributed by atoms with Crippen LogP contribution >= 0.6 is 0 Å². The van der Waals surface area contributed by atoms with Crippen LogP contribution in [0.15, 0.2) is 24.3 Å². The van der Waals surface area contributed by atoms with E-state index in [0.717, 1.165) is 18.4 Å². The van der Waals surface area contributed by atoms with Gasteiger partial charge in [0.05, 0.1) is 0 Å². The SMILES string of the molecule is O=C(NCCc1ccc(F)cc1)C1(O)CCCC1. The van der Waals surface area contributed by atoms with Crippen LogP contribution in [-0.2, 0) is 11.2 Å². The van der Waals surface area contributed by atoms with Gasteiger partial charge >= 0.3 is 0 Å². The largest absolute Gasteiger partial charge is 0.380 e. The fraction of sp³-hybridized carbons (Fsp3) is 0.500. The molecule has 1 aromatic carbocycles. The van der Waals surface area contributed by atoms with Crippen LogP contribution in [0, 0.1) is 5.82 Å². The summed E-state index contributed by atoms with van der Waals surface area (Å²) in [5.74, 6) is -0.537. The Morgan fingerprint density at radius 1 is 1.28 bits per heavy atom. The van der Waals surface area contributed by atoms with Gasteiger partial charge in [-0.05, 0) is 49.8 Å². The van der Waals surface area contributed by atoms with Crippen molar-refractivity contribution in [2.45, 2.75) is 37.7 Å². The van der Waals surface area contributed by atoms with Crippen LogP contribution in [0.4, 0.5) is 4.39 Å². The molecule has 0 bridgehead atoms. The van der Waals surface area contributed by atoms with Crippen LogP contribution in [0.2, 0.25) is 0 Å². The number of hydrogen-bond acceptors (Lipinski definition) is 2. The summed E-state index contributed by atoms with van der Waals surface area (Å²) < 4.78 is 12.7. The fourth-order valence-electron chi connectivity index (χ4n) is 2.32. The summed E-state index contributed by atoms with van der Waals surface area (Å²) in [4.78, 5) is 11.8. The van der Waals surface area contributed by atoms with E-state index in [1.165, 1.54) is 12.1 Å². The molecule has 1 aliphatic carbocycles. The van der Waals surface area contributed by atoms with Crippen LogP contribution in [0.1, 0.15) is 31.2 Å². The Balaban J connectivity index is 1.78. The number of carbonyl (C=O) groups is 1. The number of halogens is 1. The molecule has 0 heterocycles. The first-order chi connectivity index (χ1) is 8.60. The third kappa shape index (κ3) is 3.07. The van der Waals surface area contributed by atoms with Crippen LogP contribution in [0.3, 0.4) is 0 Å². The fourth-order valence-corrected chi connectivity index (χ4v) is 2.32. The van der Waals surface area contributed by atoms with E-state index in [4.69, 9.17) is 0 Å². The second-order valence-corrected chi connectivity index (χ2v) is 4.87. The molecule has 0 aromatic heterocycles. The monoisotopic (exact) mass is 251 g/mol. The third-order valence-corrected chi connectivity index (χ3v) is 3.47. The maximum atomic E-state index is 12.7. The van der Waals surface area contributed by atoms with Gasteiger partial charge in [-0.2, -0.15) is 0 Å². The number of hydrogen-bond donors (Lipinski definition) is 2. The molecule has 98 valence electrons. The number of amides is 1. The topological polar surface area (TPSA) is 49.3 Å². The highest BCUT2D eigenvalue weighted by Crippen LogP contribution is 2.29. The van der Waals surface area contributed by atoms with E-state index < -0.39 is 5.60 Å². The van der Waals surface area contributed by atoms with Gasteiger partial charge in [0.1, 0.15) is 11.4 Å². The second kappa shape index (κ2) is 5.48. The van der Waals surface area contributed by atoms with Crippen molar-refractivity contribution in [1.82, 2.24) is 5.32 Å². The highest BCUT2D eigenvalue weighted by Gasteiger charge is 2.38. The first kappa shape index (κ1) is 13.0. The molecule has 1 fully saturated rings. The molecule has 18 heavy (non-hydrogen) atoms. The van der Waals surface area contributed by atoms with Crippen molar-refractivity contribution in [3.63, 3.8) is 0 Å². The van der Waals surface area contributed by atoms with Crippen LogP contribution in [0.5, 0.6) is 0 Å². The molecule has 1 aliphatic rings. The van der Waals surface area contributed by atoms with Gasteiger partial charge in [0.25, 0.3) is 5.91 Å². The van der Waals surface area contributed by atoms with Gasteiger partial charge in [-0.3, -0.25) is 4.79 Å². The minimum Gasteiger partial charge on any atom is -0.380 e. The lowest BCUT2D eigenvalue weighted by atomic mass is 10.0. The first-order valence-electron chi connectivity index (χ1n) is 6.35. The Kier molecular flexibility index (Phi) is 3.97. The van der Waals surface area contributed by atoms with Gasteiger partial charge < -0.3 is 10.4 Å². The van der Waals surface area contributed by atoms with Crippen molar-refractivity contribution in [2.75, 3.05) is 6.54 Å². The predicted octanol–water partition coefficient (Wildman–Crippen LogP) is 1.79. The van der Waals surface area contributed by atoms with E-state index in [9.17, 15) is 14.3 Å². The van der Waals surface area contributed by atoms with Crippen molar-refractivity contribution in [3.05, 3.63) is 35.6 Å². The molecule has 2 rings (SSSR count). The highest BCUT2D eigenvalue weighted by molar-refractivity contribution is 5.85. The van der Waals surface area contributed by atoms with Crippen molar-refractivity contribution >= 4 is 5.91 Å². The lowest BCUT2D eigenvalue weighted by molar-refractivity contribution is -0.139. The third-order valence-electron chi connectivity index (χ3n) is 3.47. The molecule has 2 N–H and O–H groups in total. The molecule has 0 unspecified atom stereocenters. The maximum Gasteiger partial charge on any atom is 0.251 e. The Morgan fingerprint density at radius 3 is 2.50 bits per heavy atom. The number of carbonyl (C=O) groups excluding carboxylic acids is 1. The molecule has 0 spiro atoms. The van der Waals surface area contributed by atoms with Crippen LogP contribution in [0.25, 0.3) is 0 Å². The van der Waals surface area contributed by atoms with Gasteiger partial charge in [-0.25, -0.2) is 4.39 Å². The van der Waals surface area contributed by atoms with Crippen LogP contribution < -0.4 is 5.32 Å². The summed E-state index contributed by atoms with van der Waals surface area (Å²) in [6, 6.07) is 6.21. The maximum absolute atomic E-state index is 12.7. The smallest absolute Gasteiger partial charge is 0.251 e. The predicted molar refractivity (Wildman–Crippen MR) is 66.5 cm³/mol. The van der Waals surface area contributed by atoms with E-state index in [1.807, 2.05) is 0 Å².